The minimum atomic E-state index is -0.974. The number of hydrogen-bond donors (Lipinski definition) is 0. The first-order valence-electron chi connectivity index (χ1n) is 2.52. The molecule has 0 aliphatic carbocycles. The Morgan fingerprint density at radius 3 is 2.36 bits per heavy atom. The molecule has 0 heterocycles. The van der Waals surface area contributed by atoms with Gasteiger partial charge in [0.25, 0.3) is 0 Å². The lowest BCUT2D eigenvalue weighted by molar-refractivity contribution is 0.503. The Morgan fingerprint density at radius 1 is 1.27 bits per heavy atom. The van der Waals surface area contributed by atoms with Gasteiger partial charge in [-0.2, -0.15) is 0 Å². The second-order valence-electron chi connectivity index (χ2n) is 1.78. The van der Waals surface area contributed by atoms with Crippen LogP contribution in [-0.2, 0) is 0 Å². The number of benzene rings is 1. The third-order valence-corrected chi connectivity index (χ3v) is 3.28. The lowest BCUT2D eigenvalue weighted by Crippen LogP contribution is -1.86. The van der Waals surface area contributed by atoms with Gasteiger partial charge in [0, 0.05) is 4.47 Å². The summed E-state index contributed by atoms with van der Waals surface area (Å²) in [6, 6.07) is 0.975. The summed E-state index contributed by atoms with van der Waals surface area (Å²) in [5.41, 5.74) is 0. The van der Waals surface area contributed by atoms with Crippen molar-refractivity contribution in [2.24, 2.45) is 0 Å². The van der Waals surface area contributed by atoms with E-state index in [-0.39, 0.29) is 9.50 Å². The van der Waals surface area contributed by atoms with E-state index in [2.05, 4.69) is 31.9 Å². The standard InChI is InChI=1S/C6HBr2ClF2/c7-2-1-3(10)6(11)4(8)5(2)9/h1H. The summed E-state index contributed by atoms with van der Waals surface area (Å²) in [7, 11) is 0. The molecule has 0 fully saturated rings. The molecule has 0 saturated heterocycles. The summed E-state index contributed by atoms with van der Waals surface area (Å²) >= 11 is 11.3. The van der Waals surface area contributed by atoms with Crippen molar-refractivity contribution in [1.29, 1.82) is 0 Å². The van der Waals surface area contributed by atoms with Crippen molar-refractivity contribution >= 4 is 43.5 Å². The fourth-order valence-electron chi connectivity index (χ4n) is 0.544. The molecule has 0 aromatic heterocycles. The fraction of sp³-hybridized carbons (Fsp3) is 0. The van der Waals surface area contributed by atoms with Crippen LogP contribution in [-0.4, -0.2) is 0 Å². The van der Waals surface area contributed by atoms with Crippen molar-refractivity contribution in [3.63, 3.8) is 0 Å². The molecule has 0 atom stereocenters. The molecule has 1 rings (SSSR count). The summed E-state index contributed by atoms with van der Waals surface area (Å²) in [6.45, 7) is 0. The zero-order valence-corrected chi connectivity index (χ0v) is 8.90. The molecule has 0 bridgehead atoms. The highest BCUT2D eigenvalue weighted by molar-refractivity contribution is 9.11. The molecule has 0 saturated carbocycles. The first-order chi connectivity index (χ1) is 5.04. The van der Waals surface area contributed by atoms with Gasteiger partial charge in [-0.25, -0.2) is 8.78 Å². The van der Waals surface area contributed by atoms with E-state index in [0.29, 0.717) is 4.47 Å². The third-order valence-electron chi connectivity index (χ3n) is 1.06. The average molecular weight is 306 g/mol. The molecule has 11 heavy (non-hydrogen) atoms. The quantitative estimate of drug-likeness (QED) is 0.499. The first-order valence-corrected chi connectivity index (χ1v) is 4.49. The van der Waals surface area contributed by atoms with Gasteiger partial charge in [0.15, 0.2) is 11.6 Å². The monoisotopic (exact) mass is 304 g/mol. The molecule has 0 aliphatic heterocycles. The van der Waals surface area contributed by atoms with Crippen molar-refractivity contribution in [2.45, 2.75) is 0 Å². The summed E-state index contributed by atoms with van der Waals surface area (Å²) in [5.74, 6) is -1.91. The van der Waals surface area contributed by atoms with Crippen molar-refractivity contribution in [2.75, 3.05) is 0 Å². The number of halogens is 5. The molecule has 0 spiro atoms. The van der Waals surface area contributed by atoms with Gasteiger partial charge < -0.3 is 0 Å². The highest BCUT2D eigenvalue weighted by atomic mass is 79.9. The Labute approximate surface area is 83.8 Å². The molecular weight excluding hydrogens is 305 g/mol. The maximum atomic E-state index is 12.6. The molecule has 0 unspecified atom stereocenters. The number of rotatable bonds is 0. The van der Waals surface area contributed by atoms with Crippen LogP contribution in [0.5, 0.6) is 0 Å². The highest BCUT2D eigenvalue weighted by Gasteiger charge is 2.13. The van der Waals surface area contributed by atoms with E-state index in [9.17, 15) is 8.78 Å². The van der Waals surface area contributed by atoms with E-state index in [1.165, 1.54) is 0 Å². The van der Waals surface area contributed by atoms with Gasteiger partial charge in [0.1, 0.15) is 0 Å². The molecule has 1 aromatic rings. The van der Waals surface area contributed by atoms with Gasteiger partial charge in [-0.05, 0) is 37.9 Å². The van der Waals surface area contributed by atoms with Gasteiger partial charge in [0.2, 0.25) is 0 Å². The fourth-order valence-corrected chi connectivity index (χ4v) is 1.75. The minimum absolute atomic E-state index is 0.0639. The predicted octanol–water partition coefficient (Wildman–Crippen LogP) is 4.14. The smallest absolute Gasteiger partial charge is 0.174 e. The van der Waals surface area contributed by atoms with Crippen molar-refractivity contribution in [3.8, 4) is 0 Å². The lowest BCUT2D eigenvalue weighted by atomic mass is 10.3. The van der Waals surface area contributed by atoms with E-state index in [1.807, 2.05) is 0 Å². The summed E-state index contributed by atoms with van der Waals surface area (Å²) in [4.78, 5) is 0. The SMILES string of the molecule is Fc1cc(Br)c(Cl)c(Br)c1F. The Kier molecular flexibility index (Phi) is 2.89. The maximum Gasteiger partial charge on any atom is 0.174 e. The predicted molar refractivity (Wildman–Crippen MR) is 46.8 cm³/mol. The maximum absolute atomic E-state index is 12.6. The third kappa shape index (κ3) is 1.73. The highest BCUT2D eigenvalue weighted by Crippen LogP contribution is 2.33. The molecule has 0 amide bonds. The minimum Gasteiger partial charge on any atom is -0.204 e. The van der Waals surface area contributed by atoms with E-state index < -0.39 is 11.6 Å². The largest absolute Gasteiger partial charge is 0.204 e. The van der Waals surface area contributed by atoms with Crippen LogP contribution in [0.3, 0.4) is 0 Å². The zero-order chi connectivity index (χ0) is 8.59. The van der Waals surface area contributed by atoms with Gasteiger partial charge >= 0.3 is 0 Å². The first kappa shape index (κ1) is 9.42. The van der Waals surface area contributed by atoms with Crippen LogP contribution in [0.2, 0.25) is 5.02 Å². The van der Waals surface area contributed by atoms with E-state index >= 15 is 0 Å². The Balaban J connectivity index is 3.46. The Morgan fingerprint density at radius 2 is 1.82 bits per heavy atom. The van der Waals surface area contributed by atoms with Crippen LogP contribution in [0.15, 0.2) is 15.0 Å². The molecule has 1 aromatic carbocycles. The van der Waals surface area contributed by atoms with Crippen LogP contribution in [0, 0.1) is 11.6 Å². The molecule has 0 nitrogen and oxygen atoms in total. The van der Waals surface area contributed by atoms with E-state index in [4.69, 9.17) is 11.6 Å². The molecule has 0 radical (unpaired) electrons. The van der Waals surface area contributed by atoms with Gasteiger partial charge in [-0.15, -0.1) is 0 Å². The van der Waals surface area contributed by atoms with Crippen LogP contribution >= 0.6 is 43.5 Å². The summed E-state index contributed by atoms with van der Waals surface area (Å²) < 4.78 is 25.4. The normalized spacial score (nSPS) is 10.3. The molecule has 5 heteroatoms. The van der Waals surface area contributed by atoms with Gasteiger partial charge in [0.05, 0.1) is 9.50 Å². The molecule has 0 N–H and O–H groups in total. The van der Waals surface area contributed by atoms with E-state index in [0.717, 1.165) is 6.07 Å². The molecular formula is C6HBr2ClF2. The number of hydrogen-bond acceptors (Lipinski definition) is 0. The Hall–Kier alpha value is 0.330. The summed E-state index contributed by atoms with van der Waals surface area (Å²) in [6.07, 6.45) is 0. The topological polar surface area (TPSA) is 0 Å². The second kappa shape index (κ2) is 3.37. The van der Waals surface area contributed by atoms with Crippen molar-refractivity contribution < 1.29 is 8.78 Å². The van der Waals surface area contributed by atoms with Crippen LogP contribution < -0.4 is 0 Å². The molecule has 0 aliphatic rings. The second-order valence-corrected chi connectivity index (χ2v) is 3.81. The van der Waals surface area contributed by atoms with Gasteiger partial charge in [-0.3, -0.25) is 0 Å². The van der Waals surface area contributed by atoms with Gasteiger partial charge in [-0.1, -0.05) is 11.6 Å². The summed E-state index contributed by atoms with van der Waals surface area (Å²) in [5, 5.41) is 0.129. The van der Waals surface area contributed by atoms with E-state index in [1.54, 1.807) is 0 Å². The van der Waals surface area contributed by atoms with Crippen LogP contribution in [0.25, 0.3) is 0 Å². The molecule has 60 valence electrons. The zero-order valence-electron chi connectivity index (χ0n) is 4.97. The van der Waals surface area contributed by atoms with Crippen LogP contribution in [0.4, 0.5) is 8.78 Å². The Bertz CT molecular complexity index is 275. The van der Waals surface area contributed by atoms with Crippen molar-refractivity contribution in [1.82, 2.24) is 0 Å². The lowest BCUT2D eigenvalue weighted by Gasteiger charge is -2.00. The van der Waals surface area contributed by atoms with Crippen molar-refractivity contribution in [3.05, 3.63) is 31.7 Å². The van der Waals surface area contributed by atoms with Crippen LogP contribution in [0.1, 0.15) is 0 Å². The average Bonchev–Trinajstić information content (AvgIpc) is 1.97.